The van der Waals surface area contributed by atoms with E-state index in [0.29, 0.717) is 10.6 Å². The number of hydrogen-bond donors (Lipinski definition) is 2. The Balaban J connectivity index is 1.87. The summed E-state index contributed by atoms with van der Waals surface area (Å²) in [6.07, 6.45) is 3.20. The summed E-state index contributed by atoms with van der Waals surface area (Å²) in [5.74, 6) is -0.155. The van der Waals surface area contributed by atoms with Gasteiger partial charge >= 0.3 is 0 Å². The standard InChI is InChI=1S/C12H10N4OS2/c1-7-10(11(17)16-9-4-13-14-5-9)19-12(15-7)8-2-3-18-6-8/h2-6H,1H3,(H,13,14)(H,16,17). The molecule has 0 spiro atoms. The Morgan fingerprint density at radius 3 is 3.05 bits per heavy atom. The van der Waals surface area contributed by atoms with E-state index in [1.54, 1.807) is 23.7 Å². The summed E-state index contributed by atoms with van der Waals surface area (Å²) >= 11 is 3.02. The first-order chi connectivity index (χ1) is 9.24. The number of carbonyl (C=O) groups is 1. The Kier molecular flexibility index (Phi) is 3.14. The van der Waals surface area contributed by atoms with E-state index in [0.717, 1.165) is 16.3 Å². The molecule has 3 aromatic rings. The van der Waals surface area contributed by atoms with Gasteiger partial charge in [-0.15, -0.1) is 11.3 Å². The van der Waals surface area contributed by atoms with Gasteiger partial charge in [-0.25, -0.2) is 4.98 Å². The Hall–Kier alpha value is -1.99. The summed E-state index contributed by atoms with van der Waals surface area (Å²) in [5.41, 5.74) is 2.45. The average Bonchev–Trinajstić information content (AvgIpc) is 3.07. The van der Waals surface area contributed by atoms with Crippen molar-refractivity contribution in [3.8, 4) is 10.6 Å². The fourth-order valence-corrected chi connectivity index (χ4v) is 3.30. The van der Waals surface area contributed by atoms with E-state index in [-0.39, 0.29) is 5.91 Å². The molecule has 5 nitrogen and oxygen atoms in total. The molecular weight excluding hydrogens is 280 g/mol. The van der Waals surface area contributed by atoms with Gasteiger partial charge in [0.25, 0.3) is 5.91 Å². The van der Waals surface area contributed by atoms with E-state index in [1.807, 2.05) is 23.8 Å². The first-order valence-corrected chi connectivity index (χ1v) is 7.30. The van der Waals surface area contributed by atoms with Crippen molar-refractivity contribution in [3.05, 3.63) is 39.8 Å². The molecule has 96 valence electrons. The highest BCUT2D eigenvalue weighted by atomic mass is 32.1. The number of hydrogen-bond acceptors (Lipinski definition) is 5. The maximum absolute atomic E-state index is 12.1. The monoisotopic (exact) mass is 290 g/mol. The van der Waals surface area contributed by atoms with E-state index < -0.39 is 0 Å². The van der Waals surface area contributed by atoms with Crippen molar-refractivity contribution in [1.82, 2.24) is 15.2 Å². The van der Waals surface area contributed by atoms with Crippen molar-refractivity contribution in [2.24, 2.45) is 0 Å². The molecule has 0 fully saturated rings. The lowest BCUT2D eigenvalue weighted by molar-refractivity contribution is 0.103. The second kappa shape index (κ2) is 4.94. The number of rotatable bonds is 3. The number of anilines is 1. The van der Waals surface area contributed by atoms with Crippen LogP contribution in [0.25, 0.3) is 10.6 Å². The van der Waals surface area contributed by atoms with Crippen LogP contribution in [0.1, 0.15) is 15.4 Å². The minimum atomic E-state index is -0.155. The van der Waals surface area contributed by atoms with Gasteiger partial charge in [-0.2, -0.15) is 16.4 Å². The summed E-state index contributed by atoms with van der Waals surface area (Å²) in [6.45, 7) is 1.84. The molecule has 1 amide bonds. The molecule has 0 atom stereocenters. The quantitative estimate of drug-likeness (QED) is 0.778. The van der Waals surface area contributed by atoms with Gasteiger partial charge in [0.15, 0.2) is 0 Å². The topological polar surface area (TPSA) is 70.7 Å². The molecule has 19 heavy (non-hydrogen) atoms. The van der Waals surface area contributed by atoms with E-state index in [9.17, 15) is 4.79 Å². The van der Waals surface area contributed by atoms with Crippen LogP contribution in [-0.4, -0.2) is 21.1 Å². The minimum absolute atomic E-state index is 0.155. The molecular formula is C12H10N4OS2. The first kappa shape index (κ1) is 12.1. The van der Waals surface area contributed by atoms with Crippen LogP contribution in [0.3, 0.4) is 0 Å². The second-order valence-corrected chi connectivity index (χ2v) is 5.67. The largest absolute Gasteiger partial charge is 0.319 e. The third-order valence-corrected chi connectivity index (χ3v) is 4.42. The smallest absolute Gasteiger partial charge is 0.267 e. The Bertz CT molecular complexity index is 685. The van der Waals surface area contributed by atoms with Crippen molar-refractivity contribution in [2.75, 3.05) is 5.32 Å². The Labute approximate surface area is 117 Å². The predicted molar refractivity (Wildman–Crippen MR) is 76.7 cm³/mol. The number of nitrogens with one attached hydrogen (secondary N) is 2. The van der Waals surface area contributed by atoms with E-state index >= 15 is 0 Å². The molecule has 0 saturated carbocycles. The zero-order valence-corrected chi connectivity index (χ0v) is 11.6. The Morgan fingerprint density at radius 1 is 1.47 bits per heavy atom. The van der Waals surface area contributed by atoms with Crippen LogP contribution >= 0.6 is 22.7 Å². The number of aromatic amines is 1. The number of carbonyl (C=O) groups excluding carboxylic acids is 1. The molecule has 0 aliphatic heterocycles. The molecule has 0 aliphatic rings. The number of amides is 1. The second-order valence-electron chi connectivity index (χ2n) is 3.89. The fraction of sp³-hybridized carbons (Fsp3) is 0.0833. The van der Waals surface area contributed by atoms with Gasteiger partial charge in [-0.1, -0.05) is 0 Å². The molecule has 3 aromatic heterocycles. The normalized spacial score (nSPS) is 10.6. The van der Waals surface area contributed by atoms with Crippen LogP contribution in [0, 0.1) is 6.92 Å². The third kappa shape index (κ3) is 2.42. The summed E-state index contributed by atoms with van der Waals surface area (Å²) in [5, 5.41) is 14.1. The third-order valence-electron chi connectivity index (χ3n) is 2.53. The highest BCUT2D eigenvalue weighted by Crippen LogP contribution is 2.29. The molecule has 3 heterocycles. The zero-order chi connectivity index (χ0) is 13.2. The minimum Gasteiger partial charge on any atom is -0.319 e. The first-order valence-electron chi connectivity index (χ1n) is 5.54. The van der Waals surface area contributed by atoms with Gasteiger partial charge in [0.2, 0.25) is 0 Å². The van der Waals surface area contributed by atoms with Gasteiger partial charge in [-0.3, -0.25) is 9.89 Å². The molecule has 0 bridgehead atoms. The Morgan fingerprint density at radius 2 is 2.37 bits per heavy atom. The maximum atomic E-state index is 12.1. The van der Waals surface area contributed by atoms with Crippen molar-refractivity contribution in [3.63, 3.8) is 0 Å². The zero-order valence-electron chi connectivity index (χ0n) is 10.0. The number of thiophene rings is 1. The number of thiazole rings is 1. The summed E-state index contributed by atoms with van der Waals surface area (Å²) in [6, 6.07) is 2.00. The molecule has 2 N–H and O–H groups in total. The van der Waals surface area contributed by atoms with Crippen LogP contribution in [0.15, 0.2) is 29.2 Å². The summed E-state index contributed by atoms with van der Waals surface area (Å²) < 4.78 is 0. The predicted octanol–water partition coefficient (Wildman–Crippen LogP) is 3.16. The fourth-order valence-electron chi connectivity index (χ4n) is 1.62. The van der Waals surface area contributed by atoms with Gasteiger partial charge in [0.05, 0.1) is 17.6 Å². The van der Waals surface area contributed by atoms with Crippen LogP contribution in [0.5, 0.6) is 0 Å². The number of nitrogens with zero attached hydrogens (tertiary/aromatic N) is 2. The van der Waals surface area contributed by atoms with Crippen molar-refractivity contribution in [1.29, 1.82) is 0 Å². The SMILES string of the molecule is Cc1nc(-c2ccsc2)sc1C(=O)Nc1cn[nH]c1. The molecule has 3 rings (SSSR count). The van der Waals surface area contributed by atoms with E-state index in [1.165, 1.54) is 11.3 Å². The molecule has 0 saturated heterocycles. The van der Waals surface area contributed by atoms with Crippen molar-refractivity contribution < 1.29 is 4.79 Å². The highest BCUT2D eigenvalue weighted by Gasteiger charge is 2.16. The van der Waals surface area contributed by atoms with Gasteiger partial charge < -0.3 is 5.32 Å². The molecule has 0 unspecified atom stereocenters. The number of H-pyrrole nitrogens is 1. The number of aromatic nitrogens is 3. The van der Waals surface area contributed by atoms with Crippen molar-refractivity contribution in [2.45, 2.75) is 6.92 Å². The molecule has 0 aliphatic carbocycles. The van der Waals surface area contributed by atoms with Crippen LogP contribution < -0.4 is 5.32 Å². The lowest BCUT2D eigenvalue weighted by Crippen LogP contribution is -2.10. The van der Waals surface area contributed by atoms with Crippen molar-refractivity contribution >= 4 is 34.3 Å². The molecule has 7 heteroatoms. The van der Waals surface area contributed by atoms with Gasteiger partial charge in [0, 0.05) is 17.1 Å². The molecule has 0 radical (unpaired) electrons. The highest BCUT2D eigenvalue weighted by molar-refractivity contribution is 7.17. The van der Waals surface area contributed by atoms with E-state index in [2.05, 4.69) is 20.5 Å². The van der Waals surface area contributed by atoms with Crippen LogP contribution in [0.2, 0.25) is 0 Å². The lowest BCUT2D eigenvalue weighted by Gasteiger charge is -1.99. The number of aryl methyl sites for hydroxylation is 1. The van der Waals surface area contributed by atoms with E-state index in [4.69, 9.17) is 0 Å². The lowest BCUT2D eigenvalue weighted by atomic mass is 10.3. The van der Waals surface area contributed by atoms with Gasteiger partial charge in [-0.05, 0) is 18.4 Å². The van der Waals surface area contributed by atoms with Gasteiger partial charge in [0.1, 0.15) is 9.88 Å². The van der Waals surface area contributed by atoms with Crippen LogP contribution in [0.4, 0.5) is 5.69 Å². The van der Waals surface area contributed by atoms with Crippen LogP contribution in [-0.2, 0) is 0 Å². The summed E-state index contributed by atoms with van der Waals surface area (Å²) in [4.78, 5) is 17.2. The summed E-state index contributed by atoms with van der Waals surface area (Å²) in [7, 11) is 0. The molecule has 0 aromatic carbocycles. The maximum Gasteiger partial charge on any atom is 0.267 e. The average molecular weight is 290 g/mol.